The highest BCUT2D eigenvalue weighted by molar-refractivity contribution is 7.07. The van der Waals surface area contributed by atoms with E-state index in [4.69, 9.17) is 14.5 Å². The number of benzene rings is 2. The summed E-state index contributed by atoms with van der Waals surface area (Å²) in [6.07, 6.45) is 1.61. The molecule has 2 aromatic carbocycles. The molecule has 40 heavy (non-hydrogen) atoms. The minimum Gasteiger partial charge on any atom is -0.497 e. The van der Waals surface area contributed by atoms with Crippen LogP contribution in [0, 0.1) is 20.8 Å². The quantitative estimate of drug-likeness (QED) is 0.317. The molecule has 1 aliphatic rings. The average Bonchev–Trinajstić information content (AvgIpc) is 3.36. The van der Waals surface area contributed by atoms with Gasteiger partial charge in [0.05, 0.1) is 35.1 Å². The first-order valence-electron chi connectivity index (χ1n) is 13.2. The Morgan fingerprint density at radius 1 is 1.05 bits per heavy atom. The molecule has 206 valence electrons. The molecule has 0 aliphatic carbocycles. The van der Waals surface area contributed by atoms with E-state index in [2.05, 4.69) is 49.6 Å². The molecule has 0 saturated carbocycles. The van der Waals surface area contributed by atoms with Crippen molar-refractivity contribution >= 4 is 23.4 Å². The lowest BCUT2D eigenvalue weighted by atomic mass is 9.95. The number of methoxy groups -OCH3 is 1. The highest BCUT2D eigenvalue weighted by Gasteiger charge is 2.34. The van der Waals surface area contributed by atoms with E-state index in [9.17, 15) is 9.59 Å². The van der Waals surface area contributed by atoms with Crippen LogP contribution < -0.4 is 19.6 Å². The Balaban J connectivity index is 1.70. The Bertz CT molecular complexity index is 1840. The van der Waals surface area contributed by atoms with Gasteiger partial charge in [-0.05, 0) is 94.6 Å². The van der Waals surface area contributed by atoms with Crippen molar-refractivity contribution in [1.82, 2.24) is 9.13 Å². The molecule has 0 bridgehead atoms. The first-order valence-corrected chi connectivity index (χ1v) is 14.0. The lowest BCUT2D eigenvalue weighted by Gasteiger charge is -2.25. The van der Waals surface area contributed by atoms with Crippen molar-refractivity contribution < 1.29 is 14.3 Å². The molecule has 1 aliphatic heterocycles. The van der Waals surface area contributed by atoms with Crippen LogP contribution in [0.1, 0.15) is 54.9 Å². The van der Waals surface area contributed by atoms with Crippen molar-refractivity contribution in [2.75, 3.05) is 7.11 Å². The van der Waals surface area contributed by atoms with E-state index in [-0.39, 0.29) is 11.7 Å². The van der Waals surface area contributed by atoms with Crippen molar-refractivity contribution in [3.63, 3.8) is 0 Å². The molecule has 0 N–H and O–H groups in total. The largest absolute Gasteiger partial charge is 0.497 e. The maximum Gasteiger partial charge on any atom is 0.338 e. The molecule has 3 heterocycles. The number of fused-ring (bicyclic) bond motifs is 1. The van der Waals surface area contributed by atoms with Gasteiger partial charge in [0.25, 0.3) is 5.56 Å². The summed E-state index contributed by atoms with van der Waals surface area (Å²) in [4.78, 5) is 32.6. The Kier molecular flexibility index (Phi) is 7.38. The lowest BCUT2D eigenvalue weighted by molar-refractivity contribution is -0.143. The first-order chi connectivity index (χ1) is 19.1. The van der Waals surface area contributed by atoms with Gasteiger partial charge in [-0.3, -0.25) is 9.36 Å². The molecule has 0 fully saturated rings. The summed E-state index contributed by atoms with van der Waals surface area (Å²) >= 11 is 1.32. The highest BCUT2D eigenvalue weighted by atomic mass is 32.1. The molecule has 2 aromatic heterocycles. The monoisotopic (exact) mass is 555 g/mol. The van der Waals surface area contributed by atoms with Gasteiger partial charge in [0.2, 0.25) is 0 Å². The predicted octanol–water partition coefficient (Wildman–Crippen LogP) is 4.91. The minimum atomic E-state index is -0.695. The second-order valence-corrected chi connectivity index (χ2v) is 11.3. The molecule has 7 nitrogen and oxygen atoms in total. The van der Waals surface area contributed by atoms with Gasteiger partial charge in [0.15, 0.2) is 4.80 Å². The van der Waals surface area contributed by atoms with Crippen molar-refractivity contribution in [2.45, 2.75) is 53.7 Å². The van der Waals surface area contributed by atoms with E-state index < -0.39 is 12.0 Å². The third kappa shape index (κ3) is 4.95. The number of hydrogen-bond acceptors (Lipinski definition) is 6. The van der Waals surface area contributed by atoms with Gasteiger partial charge in [-0.1, -0.05) is 35.6 Å². The molecule has 1 atom stereocenters. The molecule has 0 amide bonds. The first kappa shape index (κ1) is 27.4. The van der Waals surface area contributed by atoms with Gasteiger partial charge in [0.1, 0.15) is 5.75 Å². The molecule has 0 radical (unpaired) electrons. The molecule has 0 unspecified atom stereocenters. The van der Waals surface area contributed by atoms with Gasteiger partial charge >= 0.3 is 5.97 Å². The van der Waals surface area contributed by atoms with Crippen LogP contribution in [0.15, 0.2) is 75.7 Å². The molecular formula is C32H33N3O4S. The molecule has 8 heteroatoms. The number of esters is 1. The molecule has 5 rings (SSSR count). The van der Waals surface area contributed by atoms with Crippen LogP contribution >= 0.6 is 11.3 Å². The number of thiazole rings is 1. The summed E-state index contributed by atoms with van der Waals surface area (Å²) in [6, 6.07) is 17.2. The highest BCUT2D eigenvalue weighted by Crippen LogP contribution is 2.32. The normalized spacial score (nSPS) is 15.3. The number of allylic oxidation sites excluding steroid dienone is 1. The summed E-state index contributed by atoms with van der Waals surface area (Å²) in [7, 11) is 1.59. The summed E-state index contributed by atoms with van der Waals surface area (Å²) < 4.78 is 15.4. The number of aryl methyl sites for hydroxylation is 2. The van der Waals surface area contributed by atoms with Crippen molar-refractivity contribution in [3.05, 3.63) is 114 Å². The summed E-state index contributed by atoms with van der Waals surface area (Å²) in [5, 5.41) is 0. The second-order valence-electron chi connectivity index (χ2n) is 10.3. The number of ether oxygens (including phenoxy) is 2. The summed E-state index contributed by atoms with van der Waals surface area (Å²) in [5.41, 5.74) is 6.74. The topological polar surface area (TPSA) is 74.8 Å². The number of carbonyl (C=O) groups is 1. The summed E-state index contributed by atoms with van der Waals surface area (Å²) in [5.74, 6) is 0.148. The van der Waals surface area contributed by atoms with Gasteiger partial charge in [-0.2, -0.15) is 0 Å². The van der Waals surface area contributed by atoms with Crippen LogP contribution in [0.4, 0.5) is 0 Å². The van der Waals surface area contributed by atoms with Gasteiger partial charge in [-0.25, -0.2) is 9.79 Å². The standard InChI is InChI=1S/C32H33N3O4S/c1-18(2)39-31(37)28-21(5)33-32-35(29(28)23-11-9-13-26(16-23)38-7)30(36)27(40-32)17-24-15-20(4)34(22(24)6)25-12-8-10-19(3)14-25/h8-18,29H,1-7H3/b27-17-/t29-/m0/s1. The molecule has 4 aromatic rings. The van der Waals surface area contributed by atoms with E-state index in [1.165, 1.54) is 16.9 Å². The Labute approximate surface area is 237 Å². The maximum atomic E-state index is 14.0. The SMILES string of the molecule is COc1cccc([C@H]2C(C(=O)OC(C)C)=C(C)N=c3s/c(=C\c4cc(C)n(-c5cccc(C)c5)c4C)c(=O)n32)c1. The third-order valence-electron chi connectivity index (χ3n) is 7.01. The zero-order chi connectivity index (χ0) is 28.7. The zero-order valence-electron chi connectivity index (χ0n) is 23.8. The van der Waals surface area contributed by atoms with Gasteiger partial charge in [-0.15, -0.1) is 0 Å². The van der Waals surface area contributed by atoms with Crippen molar-refractivity contribution in [1.29, 1.82) is 0 Å². The van der Waals surface area contributed by atoms with Gasteiger partial charge < -0.3 is 14.0 Å². The van der Waals surface area contributed by atoms with E-state index >= 15 is 0 Å². The van der Waals surface area contributed by atoms with Crippen LogP contribution in [0.25, 0.3) is 11.8 Å². The smallest absolute Gasteiger partial charge is 0.338 e. The Morgan fingerprint density at radius 2 is 1.80 bits per heavy atom. The predicted molar refractivity (Wildman–Crippen MR) is 158 cm³/mol. The fourth-order valence-electron chi connectivity index (χ4n) is 5.23. The molecule has 0 saturated heterocycles. The maximum absolute atomic E-state index is 14.0. The van der Waals surface area contributed by atoms with Gasteiger partial charge in [0, 0.05) is 17.1 Å². The number of aromatic nitrogens is 2. The number of hydrogen-bond donors (Lipinski definition) is 0. The van der Waals surface area contributed by atoms with Crippen LogP contribution in [0.5, 0.6) is 5.75 Å². The van der Waals surface area contributed by atoms with E-state index in [0.717, 1.165) is 28.2 Å². The summed E-state index contributed by atoms with van der Waals surface area (Å²) in [6.45, 7) is 11.6. The van der Waals surface area contributed by atoms with Crippen LogP contribution in [-0.4, -0.2) is 28.3 Å². The second kappa shape index (κ2) is 10.8. The fraction of sp³-hybridized carbons (Fsp3) is 0.281. The third-order valence-corrected chi connectivity index (χ3v) is 7.99. The van der Waals surface area contributed by atoms with E-state index in [1.807, 2.05) is 36.4 Å². The molecule has 0 spiro atoms. The average molecular weight is 556 g/mol. The number of carbonyl (C=O) groups excluding carboxylic acids is 1. The fourth-order valence-corrected chi connectivity index (χ4v) is 6.26. The number of nitrogens with zero attached hydrogens (tertiary/aromatic N) is 3. The number of rotatable bonds is 6. The lowest BCUT2D eigenvalue weighted by Crippen LogP contribution is -2.40. The minimum absolute atomic E-state index is 0.209. The van der Waals surface area contributed by atoms with Crippen LogP contribution in [0.2, 0.25) is 0 Å². The van der Waals surface area contributed by atoms with Crippen LogP contribution in [0.3, 0.4) is 0 Å². The van der Waals surface area contributed by atoms with E-state index in [0.29, 0.717) is 26.4 Å². The van der Waals surface area contributed by atoms with Crippen LogP contribution in [-0.2, 0) is 9.53 Å². The Morgan fingerprint density at radius 3 is 2.50 bits per heavy atom. The van der Waals surface area contributed by atoms with Crippen molar-refractivity contribution in [2.24, 2.45) is 4.99 Å². The Hall–Kier alpha value is -4.17. The van der Waals surface area contributed by atoms with Crippen molar-refractivity contribution in [3.8, 4) is 11.4 Å². The van der Waals surface area contributed by atoms with E-state index in [1.54, 1.807) is 32.4 Å². The zero-order valence-corrected chi connectivity index (χ0v) is 24.6. The molecular weight excluding hydrogens is 522 g/mol.